The Bertz CT molecular complexity index is 610. The molecule has 0 saturated heterocycles. The van der Waals surface area contributed by atoms with E-state index in [1.165, 1.54) is 6.21 Å². The molecule has 2 N–H and O–H groups in total. The Morgan fingerprint density at radius 1 is 1.30 bits per heavy atom. The van der Waals surface area contributed by atoms with Gasteiger partial charge in [0, 0.05) is 10.7 Å². The normalized spacial score (nSPS) is 10.7. The van der Waals surface area contributed by atoms with Crippen molar-refractivity contribution in [1.82, 2.24) is 5.43 Å². The topological polar surface area (TPSA) is 66.6 Å². The van der Waals surface area contributed by atoms with Crippen LogP contribution < -0.4 is 10.7 Å². The van der Waals surface area contributed by atoms with Gasteiger partial charge in [-0.05, 0) is 52.3 Å². The van der Waals surface area contributed by atoms with Crippen molar-refractivity contribution >= 4 is 45.3 Å². The van der Waals surface area contributed by atoms with Crippen molar-refractivity contribution in [2.75, 3.05) is 11.9 Å². The van der Waals surface area contributed by atoms with E-state index >= 15 is 0 Å². The van der Waals surface area contributed by atoms with Crippen molar-refractivity contribution in [2.45, 2.75) is 0 Å². The zero-order valence-electron chi connectivity index (χ0n) is 10.3. The van der Waals surface area contributed by atoms with Crippen LogP contribution in [0.4, 0.5) is 5.69 Å². The Morgan fingerprint density at radius 3 is 2.70 bits per heavy atom. The number of nitrogens with one attached hydrogen (secondary N) is 2. The third-order valence-corrected chi connectivity index (χ3v) is 2.95. The lowest BCUT2D eigenvalue weighted by Crippen LogP contribution is -2.25. The number of amides is 1. The average molecular weight is 357 g/mol. The van der Waals surface area contributed by atoms with Crippen LogP contribution in [0, 0.1) is 0 Å². The third kappa shape index (κ3) is 4.71. The van der Waals surface area contributed by atoms with E-state index in [9.17, 15) is 4.79 Å². The summed E-state index contributed by atoms with van der Waals surface area (Å²) in [5, 5.41) is 7.38. The maximum Gasteiger partial charge on any atom is 0.259 e. The minimum absolute atomic E-state index is 0.112. The first-order valence-electron chi connectivity index (χ1n) is 5.70. The van der Waals surface area contributed by atoms with Crippen LogP contribution in [0.2, 0.25) is 5.02 Å². The second kappa shape index (κ2) is 7.12. The molecule has 0 spiro atoms. The van der Waals surface area contributed by atoms with Gasteiger partial charge in [0.15, 0.2) is 4.67 Å². The van der Waals surface area contributed by atoms with Crippen molar-refractivity contribution in [1.29, 1.82) is 0 Å². The molecule has 2 rings (SSSR count). The highest BCUT2D eigenvalue weighted by molar-refractivity contribution is 9.10. The fourth-order valence-electron chi connectivity index (χ4n) is 1.36. The molecule has 0 atom stereocenters. The average Bonchev–Trinajstić information content (AvgIpc) is 2.84. The van der Waals surface area contributed by atoms with Gasteiger partial charge in [0.25, 0.3) is 5.91 Å². The number of hydrogen-bond donors (Lipinski definition) is 2. The lowest BCUT2D eigenvalue weighted by Gasteiger charge is -2.04. The first kappa shape index (κ1) is 14.6. The van der Waals surface area contributed by atoms with Gasteiger partial charge in [-0.1, -0.05) is 11.6 Å². The third-order valence-electron chi connectivity index (χ3n) is 2.27. The first-order chi connectivity index (χ1) is 9.63. The van der Waals surface area contributed by atoms with Crippen LogP contribution in [-0.4, -0.2) is 18.7 Å². The van der Waals surface area contributed by atoms with Gasteiger partial charge in [0.05, 0.1) is 12.8 Å². The minimum Gasteiger partial charge on any atom is -0.448 e. The number of furan rings is 1. The van der Waals surface area contributed by atoms with Gasteiger partial charge in [-0.25, -0.2) is 5.43 Å². The SMILES string of the molecule is O=C(CNc1ccc(Cl)cc1)NN=Cc1ccc(Br)o1. The molecule has 1 heterocycles. The van der Waals surface area contributed by atoms with E-state index in [2.05, 4.69) is 31.8 Å². The van der Waals surface area contributed by atoms with Crippen LogP contribution in [-0.2, 0) is 4.79 Å². The summed E-state index contributed by atoms with van der Waals surface area (Å²) < 4.78 is 5.80. The monoisotopic (exact) mass is 355 g/mol. The van der Waals surface area contributed by atoms with Crippen LogP contribution in [0.25, 0.3) is 0 Å². The van der Waals surface area contributed by atoms with Gasteiger partial charge in [0.2, 0.25) is 0 Å². The summed E-state index contributed by atoms with van der Waals surface area (Å²) >= 11 is 8.94. The number of halogens is 2. The van der Waals surface area contributed by atoms with Crippen LogP contribution in [0.15, 0.2) is 50.6 Å². The maximum atomic E-state index is 11.5. The van der Waals surface area contributed by atoms with Crippen molar-refractivity contribution in [3.8, 4) is 0 Å². The fraction of sp³-hybridized carbons (Fsp3) is 0.0769. The lowest BCUT2D eigenvalue weighted by atomic mass is 10.3. The largest absolute Gasteiger partial charge is 0.448 e. The Hall–Kier alpha value is -1.79. The summed E-state index contributed by atoms with van der Waals surface area (Å²) in [4.78, 5) is 11.5. The minimum atomic E-state index is -0.262. The molecule has 0 bridgehead atoms. The number of hydrazone groups is 1. The van der Waals surface area contributed by atoms with E-state index in [0.717, 1.165) is 5.69 Å². The van der Waals surface area contributed by atoms with Crippen LogP contribution in [0.3, 0.4) is 0 Å². The molecule has 0 fully saturated rings. The predicted octanol–water partition coefficient (Wildman–Crippen LogP) is 3.26. The summed E-state index contributed by atoms with van der Waals surface area (Å²) in [6.07, 6.45) is 1.42. The van der Waals surface area contributed by atoms with E-state index < -0.39 is 0 Å². The van der Waals surface area contributed by atoms with Crippen LogP contribution in [0.5, 0.6) is 0 Å². The molecule has 1 aromatic heterocycles. The van der Waals surface area contributed by atoms with Gasteiger partial charge in [-0.3, -0.25) is 4.79 Å². The highest BCUT2D eigenvalue weighted by Gasteiger charge is 2.00. The van der Waals surface area contributed by atoms with E-state index in [-0.39, 0.29) is 12.5 Å². The molecule has 104 valence electrons. The number of hydrogen-bond acceptors (Lipinski definition) is 4. The molecule has 20 heavy (non-hydrogen) atoms. The quantitative estimate of drug-likeness (QED) is 0.638. The van der Waals surface area contributed by atoms with Crippen molar-refractivity contribution in [3.63, 3.8) is 0 Å². The van der Waals surface area contributed by atoms with Gasteiger partial charge >= 0.3 is 0 Å². The molecule has 1 amide bonds. The summed E-state index contributed by atoms with van der Waals surface area (Å²) in [6.45, 7) is 0.112. The smallest absolute Gasteiger partial charge is 0.259 e. The van der Waals surface area contributed by atoms with E-state index in [1.807, 2.05) is 0 Å². The molecule has 5 nitrogen and oxygen atoms in total. The lowest BCUT2D eigenvalue weighted by molar-refractivity contribution is -0.119. The Labute approximate surface area is 129 Å². The van der Waals surface area contributed by atoms with Crippen molar-refractivity contribution in [3.05, 3.63) is 51.9 Å². The Kier molecular flexibility index (Phi) is 5.20. The molecule has 2 aromatic rings. The van der Waals surface area contributed by atoms with Gasteiger partial charge < -0.3 is 9.73 Å². The van der Waals surface area contributed by atoms with Gasteiger partial charge in [-0.2, -0.15) is 5.10 Å². The number of benzene rings is 1. The second-order valence-electron chi connectivity index (χ2n) is 3.80. The van der Waals surface area contributed by atoms with Gasteiger partial charge in [-0.15, -0.1) is 0 Å². The molecule has 0 radical (unpaired) electrons. The molecule has 0 aliphatic carbocycles. The number of carbonyl (C=O) groups is 1. The number of nitrogens with zero attached hydrogens (tertiary/aromatic N) is 1. The van der Waals surface area contributed by atoms with Crippen LogP contribution >= 0.6 is 27.5 Å². The Balaban J connectivity index is 1.75. The molecule has 0 aliphatic rings. The Morgan fingerprint density at radius 2 is 2.05 bits per heavy atom. The zero-order valence-corrected chi connectivity index (χ0v) is 12.6. The number of carbonyl (C=O) groups excluding carboxylic acids is 1. The highest BCUT2D eigenvalue weighted by atomic mass is 79.9. The molecule has 0 aliphatic heterocycles. The second-order valence-corrected chi connectivity index (χ2v) is 5.01. The number of rotatable bonds is 5. The molecular formula is C13H11BrClN3O2. The molecular weight excluding hydrogens is 346 g/mol. The molecule has 0 unspecified atom stereocenters. The summed E-state index contributed by atoms with van der Waals surface area (Å²) in [5.41, 5.74) is 3.20. The summed E-state index contributed by atoms with van der Waals surface area (Å²) in [6, 6.07) is 10.5. The van der Waals surface area contributed by atoms with E-state index in [1.54, 1.807) is 36.4 Å². The molecule has 7 heteroatoms. The first-order valence-corrected chi connectivity index (χ1v) is 6.87. The standard InChI is InChI=1S/C13H11BrClN3O2/c14-12-6-5-11(20-12)7-17-18-13(19)8-16-10-3-1-9(15)2-4-10/h1-7,16H,8H2,(H,18,19). The number of anilines is 1. The van der Waals surface area contributed by atoms with E-state index in [0.29, 0.717) is 15.5 Å². The molecule has 0 saturated carbocycles. The van der Waals surface area contributed by atoms with Crippen molar-refractivity contribution in [2.24, 2.45) is 5.10 Å². The zero-order chi connectivity index (χ0) is 14.4. The van der Waals surface area contributed by atoms with Gasteiger partial charge in [0.1, 0.15) is 5.76 Å². The highest BCUT2D eigenvalue weighted by Crippen LogP contribution is 2.13. The predicted molar refractivity (Wildman–Crippen MR) is 82.1 cm³/mol. The summed E-state index contributed by atoms with van der Waals surface area (Å²) in [7, 11) is 0. The summed E-state index contributed by atoms with van der Waals surface area (Å²) in [5.74, 6) is 0.282. The van der Waals surface area contributed by atoms with Crippen LogP contribution in [0.1, 0.15) is 5.76 Å². The van der Waals surface area contributed by atoms with E-state index in [4.69, 9.17) is 16.0 Å². The van der Waals surface area contributed by atoms with Crippen molar-refractivity contribution < 1.29 is 9.21 Å². The maximum absolute atomic E-state index is 11.5. The fourth-order valence-corrected chi connectivity index (χ4v) is 1.80. The molecule has 1 aromatic carbocycles.